The first kappa shape index (κ1) is 25.6. The molecule has 0 saturated carbocycles. The molecule has 0 radical (unpaired) electrons. The summed E-state index contributed by atoms with van der Waals surface area (Å²) in [5.74, 6) is -0.306. The summed E-state index contributed by atoms with van der Waals surface area (Å²) in [4.78, 5) is 14.8. The number of hydrogen-bond acceptors (Lipinski definition) is 5. The van der Waals surface area contributed by atoms with Crippen molar-refractivity contribution in [1.29, 1.82) is 0 Å². The third-order valence-electron chi connectivity index (χ3n) is 6.38. The van der Waals surface area contributed by atoms with Crippen LogP contribution >= 0.6 is 0 Å². The molecule has 10 heteroatoms. The molecule has 1 amide bonds. The molecule has 1 aliphatic heterocycles. The summed E-state index contributed by atoms with van der Waals surface area (Å²) in [5.41, 5.74) is 2.59. The molecule has 2 heterocycles. The maximum Gasteiger partial charge on any atom is 0.391 e. The minimum atomic E-state index is -4.12. The molecule has 192 valence electrons. The Bertz CT molecular complexity index is 1190. The number of hydrogen-bond donors (Lipinski definition) is 1. The van der Waals surface area contributed by atoms with Crippen LogP contribution in [0.5, 0.6) is 11.5 Å². The Morgan fingerprint density at radius 1 is 1.14 bits per heavy atom. The maximum atomic E-state index is 12.9. The Labute approximate surface area is 207 Å². The summed E-state index contributed by atoms with van der Waals surface area (Å²) >= 11 is 0. The molecule has 1 aromatic heterocycles. The van der Waals surface area contributed by atoms with Crippen LogP contribution in [0.3, 0.4) is 0 Å². The number of likely N-dealkylation sites (tertiary alicyclic amines) is 1. The Hall–Kier alpha value is -3.53. The van der Waals surface area contributed by atoms with Crippen molar-refractivity contribution >= 4 is 11.6 Å². The van der Waals surface area contributed by atoms with Crippen LogP contribution in [0.4, 0.5) is 18.9 Å². The van der Waals surface area contributed by atoms with Crippen LogP contribution in [-0.2, 0) is 7.05 Å². The van der Waals surface area contributed by atoms with E-state index in [9.17, 15) is 18.0 Å². The molecule has 1 aliphatic rings. The van der Waals surface area contributed by atoms with Crippen LogP contribution in [0.1, 0.15) is 23.2 Å². The van der Waals surface area contributed by atoms with Crippen LogP contribution in [-0.4, -0.2) is 60.1 Å². The fourth-order valence-corrected chi connectivity index (χ4v) is 4.31. The zero-order valence-corrected chi connectivity index (χ0v) is 20.2. The number of nitrogens with one attached hydrogen (secondary N) is 1. The molecule has 0 spiro atoms. The number of rotatable bonds is 8. The molecule has 3 aromatic rings. The van der Waals surface area contributed by atoms with E-state index in [1.165, 1.54) is 0 Å². The van der Waals surface area contributed by atoms with E-state index in [0.717, 1.165) is 11.3 Å². The quantitative estimate of drug-likeness (QED) is 0.470. The van der Waals surface area contributed by atoms with Gasteiger partial charge in [-0.25, -0.2) is 0 Å². The lowest BCUT2D eigenvalue weighted by atomic mass is 9.96. The molecule has 7 nitrogen and oxygen atoms in total. The minimum absolute atomic E-state index is 0.117. The fourth-order valence-electron chi connectivity index (χ4n) is 4.31. The van der Waals surface area contributed by atoms with E-state index in [1.54, 1.807) is 54.4 Å². The van der Waals surface area contributed by atoms with Gasteiger partial charge in [0.2, 0.25) is 0 Å². The van der Waals surface area contributed by atoms with E-state index in [-0.39, 0.29) is 18.7 Å². The number of nitrogens with zero attached hydrogens (tertiary/aromatic N) is 3. The van der Waals surface area contributed by atoms with Crippen molar-refractivity contribution in [2.75, 3.05) is 38.7 Å². The highest BCUT2D eigenvalue weighted by Gasteiger charge is 2.40. The number of aromatic nitrogens is 2. The molecule has 0 atom stereocenters. The molecule has 0 unspecified atom stereocenters. The highest BCUT2D eigenvalue weighted by molar-refractivity contribution is 6.04. The molecule has 1 N–H and O–H groups in total. The third kappa shape index (κ3) is 6.17. The second kappa shape index (κ2) is 11.0. The molecule has 0 aliphatic carbocycles. The summed E-state index contributed by atoms with van der Waals surface area (Å²) in [5, 5.41) is 7.13. The summed E-state index contributed by atoms with van der Waals surface area (Å²) in [6.45, 7) is 1.66. The van der Waals surface area contributed by atoms with Crippen molar-refractivity contribution in [3.63, 3.8) is 0 Å². The third-order valence-corrected chi connectivity index (χ3v) is 6.38. The fraction of sp³-hybridized carbons (Fsp3) is 0.385. The first-order chi connectivity index (χ1) is 17.2. The number of amides is 1. The van der Waals surface area contributed by atoms with Gasteiger partial charge in [0.15, 0.2) is 0 Å². The monoisotopic (exact) mass is 502 g/mol. The first-order valence-corrected chi connectivity index (χ1v) is 11.7. The highest BCUT2D eigenvalue weighted by Crippen LogP contribution is 2.35. The van der Waals surface area contributed by atoms with Crippen LogP contribution in [0, 0.1) is 5.92 Å². The Balaban J connectivity index is 1.44. The van der Waals surface area contributed by atoms with Gasteiger partial charge in [-0.05, 0) is 68.4 Å². The van der Waals surface area contributed by atoms with Crippen LogP contribution in [0.25, 0.3) is 11.3 Å². The normalized spacial score (nSPS) is 15.0. The number of alkyl halides is 3. The van der Waals surface area contributed by atoms with Crippen molar-refractivity contribution in [2.45, 2.75) is 19.0 Å². The van der Waals surface area contributed by atoms with Gasteiger partial charge in [0.1, 0.15) is 18.1 Å². The van der Waals surface area contributed by atoms with E-state index in [0.29, 0.717) is 49.0 Å². The minimum Gasteiger partial charge on any atom is -0.497 e. The number of aryl methyl sites for hydroxylation is 1. The largest absolute Gasteiger partial charge is 0.497 e. The lowest BCUT2D eigenvalue weighted by molar-refractivity contribution is -0.185. The Kier molecular flexibility index (Phi) is 7.83. The van der Waals surface area contributed by atoms with E-state index in [2.05, 4.69) is 10.4 Å². The Morgan fingerprint density at radius 3 is 2.58 bits per heavy atom. The van der Waals surface area contributed by atoms with Crippen molar-refractivity contribution in [3.8, 4) is 22.8 Å². The highest BCUT2D eigenvalue weighted by atomic mass is 19.4. The number of ether oxygens (including phenoxy) is 2. The number of methoxy groups -OCH3 is 1. The molecular formula is C26H29F3N4O3. The van der Waals surface area contributed by atoms with Crippen molar-refractivity contribution < 1.29 is 27.4 Å². The SMILES string of the molecule is COc1cccc(C(=O)Nc2ccc(OCCN3CCC(C(F)(F)F)CC3)c(-c3ccnn3C)c2)c1. The van der Waals surface area contributed by atoms with Gasteiger partial charge in [-0.15, -0.1) is 0 Å². The Morgan fingerprint density at radius 2 is 1.92 bits per heavy atom. The number of halogens is 3. The van der Waals surface area contributed by atoms with E-state index < -0.39 is 12.1 Å². The van der Waals surface area contributed by atoms with Crippen LogP contribution in [0.2, 0.25) is 0 Å². The zero-order valence-electron chi connectivity index (χ0n) is 20.2. The smallest absolute Gasteiger partial charge is 0.391 e. The standard InChI is InChI=1S/C26H29F3N4O3/c1-32-23(8-11-30-32)22-17-20(31-25(34)18-4-3-5-21(16-18)35-2)6-7-24(22)36-15-14-33-12-9-19(10-13-33)26(27,28)29/h3-8,11,16-17,19H,9-10,12-15H2,1-2H3,(H,31,34). The van der Waals surface area contributed by atoms with Crippen LogP contribution < -0.4 is 14.8 Å². The summed E-state index contributed by atoms with van der Waals surface area (Å²) < 4.78 is 51.7. The van der Waals surface area contributed by atoms with E-state index in [1.807, 2.05) is 24.1 Å². The summed E-state index contributed by atoms with van der Waals surface area (Å²) in [6, 6.07) is 14.1. The average molecular weight is 503 g/mol. The lowest BCUT2D eigenvalue weighted by Gasteiger charge is -2.32. The van der Waals surface area contributed by atoms with Crippen molar-refractivity contribution in [1.82, 2.24) is 14.7 Å². The second-order valence-corrected chi connectivity index (χ2v) is 8.74. The molecule has 4 rings (SSSR count). The predicted molar refractivity (Wildman–Crippen MR) is 130 cm³/mol. The van der Waals surface area contributed by atoms with E-state index in [4.69, 9.17) is 9.47 Å². The number of piperidine rings is 1. The number of benzene rings is 2. The summed E-state index contributed by atoms with van der Waals surface area (Å²) in [7, 11) is 3.35. The van der Waals surface area contributed by atoms with Crippen LogP contribution in [0.15, 0.2) is 54.7 Å². The molecular weight excluding hydrogens is 473 g/mol. The van der Waals surface area contributed by atoms with Crippen molar-refractivity contribution in [2.24, 2.45) is 13.0 Å². The molecule has 0 bridgehead atoms. The number of carbonyl (C=O) groups excluding carboxylic acids is 1. The lowest BCUT2D eigenvalue weighted by Crippen LogP contribution is -2.40. The number of anilines is 1. The van der Waals surface area contributed by atoms with Gasteiger partial charge in [0.25, 0.3) is 5.91 Å². The van der Waals surface area contributed by atoms with Gasteiger partial charge in [0, 0.05) is 36.6 Å². The summed E-state index contributed by atoms with van der Waals surface area (Å²) in [6.07, 6.45) is -2.22. The first-order valence-electron chi connectivity index (χ1n) is 11.7. The van der Waals surface area contributed by atoms with Gasteiger partial charge >= 0.3 is 6.18 Å². The van der Waals surface area contributed by atoms with Crippen molar-refractivity contribution in [3.05, 3.63) is 60.3 Å². The molecule has 1 saturated heterocycles. The van der Waals surface area contributed by atoms with Gasteiger partial charge in [-0.2, -0.15) is 18.3 Å². The molecule has 36 heavy (non-hydrogen) atoms. The number of carbonyl (C=O) groups is 1. The molecule has 2 aromatic carbocycles. The van der Waals surface area contributed by atoms with Gasteiger partial charge in [-0.1, -0.05) is 6.07 Å². The van der Waals surface area contributed by atoms with Gasteiger partial charge in [-0.3, -0.25) is 14.4 Å². The second-order valence-electron chi connectivity index (χ2n) is 8.74. The topological polar surface area (TPSA) is 68.6 Å². The maximum absolute atomic E-state index is 12.9. The van der Waals surface area contributed by atoms with E-state index >= 15 is 0 Å². The molecule has 1 fully saturated rings. The average Bonchev–Trinajstić information content (AvgIpc) is 3.30. The predicted octanol–water partition coefficient (Wildman–Crippen LogP) is 5.00. The van der Waals surface area contributed by atoms with Gasteiger partial charge in [0.05, 0.1) is 18.7 Å². The van der Waals surface area contributed by atoms with Gasteiger partial charge < -0.3 is 14.8 Å². The zero-order chi connectivity index (χ0) is 25.7.